The van der Waals surface area contributed by atoms with Gasteiger partial charge in [0.2, 0.25) is 0 Å². The summed E-state index contributed by atoms with van der Waals surface area (Å²) >= 11 is 1.91. The van der Waals surface area contributed by atoms with Crippen LogP contribution in [0.4, 0.5) is 28.4 Å². The molecule has 2 nitrogen and oxygen atoms in total. The molecule has 0 unspecified atom stereocenters. The lowest BCUT2D eigenvalue weighted by molar-refractivity contribution is 0.608. The number of hydrogen-bond acceptors (Lipinski definition) is 3. The number of hydrogen-bond donors (Lipinski definition) is 1. The second kappa shape index (κ2) is 10.7. The Bertz CT molecular complexity index is 2530. The molecule has 0 fully saturated rings. The zero-order valence-corrected chi connectivity index (χ0v) is 29.7. The van der Waals surface area contributed by atoms with Crippen LogP contribution in [0.25, 0.3) is 21.9 Å². The van der Waals surface area contributed by atoms with Gasteiger partial charge in [0.25, 0.3) is 0 Å². The van der Waals surface area contributed by atoms with Crippen LogP contribution in [0, 0.1) is 0 Å². The van der Waals surface area contributed by atoms with Crippen LogP contribution in [0.5, 0.6) is 0 Å². The fraction of sp³-hybridized carbons (Fsp3) is 0.130. The molecule has 10 rings (SSSR count). The molecule has 0 bridgehead atoms. The van der Waals surface area contributed by atoms with Gasteiger partial charge in [0.05, 0.1) is 5.69 Å². The van der Waals surface area contributed by atoms with E-state index >= 15 is 0 Å². The SMILES string of the molecule is CC1(C)c2ccccc2Sc2cc(-c3c4c(cc5ccccc35)N3c5ccccc5C(C)(C)c5cccc(c53)B4)c(Nc3ccccc3)cc21. The van der Waals surface area contributed by atoms with Crippen LogP contribution in [0.2, 0.25) is 0 Å². The third-order valence-corrected chi connectivity index (χ3v) is 12.6. The van der Waals surface area contributed by atoms with Gasteiger partial charge in [-0.3, -0.25) is 0 Å². The summed E-state index contributed by atoms with van der Waals surface area (Å²) in [6.07, 6.45) is 0. The average Bonchev–Trinajstić information content (AvgIpc) is 3.13. The Kier molecular flexibility index (Phi) is 6.33. The Hall–Kier alpha value is -5.19. The quantitative estimate of drug-likeness (QED) is 0.190. The Morgan fingerprint density at radius 2 is 1.28 bits per heavy atom. The summed E-state index contributed by atoms with van der Waals surface area (Å²) in [5.74, 6) is 0. The maximum atomic E-state index is 3.92. The summed E-state index contributed by atoms with van der Waals surface area (Å²) in [5, 5.41) is 6.46. The molecule has 0 saturated heterocycles. The van der Waals surface area contributed by atoms with Crippen LogP contribution in [0.15, 0.2) is 149 Å². The van der Waals surface area contributed by atoms with Gasteiger partial charge >= 0.3 is 0 Å². The number of nitrogens with zero attached hydrogens (tertiary/aromatic N) is 1. The van der Waals surface area contributed by atoms with Gasteiger partial charge in [-0.15, -0.1) is 0 Å². The minimum atomic E-state index is -0.138. The predicted octanol–water partition coefficient (Wildman–Crippen LogP) is 10.9. The van der Waals surface area contributed by atoms with Gasteiger partial charge in [-0.1, -0.05) is 142 Å². The summed E-state index contributed by atoms with van der Waals surface area (Å²) in [5.41, 5.74) is 16.7. The van der Waals surface area contributed by atoms with Crippen LogP contribution in [-0.4, -0.2) is 7.28 Å². The van der Waals surface area contributed by atoms with Crippen molar-refractivity contribution in [3.05, 3.63) is 162 Å². The van der Waals surface area contributed by atoms with Crippen molar-refractivity contribution >= 4 is 69.2 Å². The van der Waals surface area contributed by atoms with Gasteiger partial charge in [-0.2, -0.15) is 0 Å². The second-order valence-corrected chi connectivity index (χ2v) is 16.1. The molecule has 1 N–H and O–H groups in total. The topological polar surface area (TPSA) is 15.3 Å². The first-order valence-corrected chi connectivity index (χ1v) is 18.5. The molecule has 240 valence electrons. The average molecular weight is 661 g/mol. The van der Waals surface area contributed by atoms with E-state index in [1.54, 1.807) is 0 Å². The summed E-state index contributed by atoms with van der Waals surface area (Å²) in [6.45, 7) is 9.51. The number of rotatable bonds is 3. The highest BCUT2D eigenvalue weighted by Crippen LogP contribution is 2.55. The van der Waals surface area contributed by atoms with Crippen LogP contribution < -0.4 is 21.1 Å². The number of para-hydroxylation sites is 3. The Labute approximate surface area is 299 Å². The molecular weight excluding hydrogens is 623 g/mol. The highest BCUT2D eigenvalue weighted by molar-refractivity contribution is 7.99. The van der Waals surface area contributed by atoms with Crippen LogP contribution in [0.1, 0.15) is 49.9 Å². The normalized spacial score (nSPS) is 15.6. The first-order valence-electron chi connectivity index (χ1n) is 17.7. The molecule has 50 heavy (non-hydrogen) atoms. The van der Waals surface area contributed by atoms with Crippen LogP contribution >= 0.6 is 11.8 Å². The Morgan fingerprint density at radius 3 is 2.14 bits per heavy atom. The van der Waals surface area contributed by atoms with E-state index in [0.29, 0.717) is 0 Å². The highest BCUT2D eigenvalue weighted by atomic mass is 32.2. The summed E-state index contributed by atoms with van der Waals surface area (Å²) in [6, 6.07) is 51.9. The van der Waals surface area contributed by atoms with E-state index < -0.39 is 0 Å². The molecule has 3 aliphatic rings. The maximum absolute atomic E-state index is 3.92. The lowest BCUT2D eigenvalue weighted by atomic mass is 9.55. The molecule has 7 aromatic carbocycles. The number of fused-ring (bicyclic) bond motifs is 7. The minimum absolute atomic E-state index is 0.0960. The largest absolute Gasteiger partial charge is 0.355 e. The summed E-state index contributed by atoms with van der Waals surface area (Å²) in [4.78, 5) is 5.25. The first kappa shape index (κ1) is 29.7. The number of benzene rings is 7. The van der Waals surface area contributed by atoms with Gasteiger partial charge in [-0.05, 0) is 86.5 Å². The molecule has 0 spiro atoms. The third kappa shape index (κ3) is 4.18. The molecule has 3 aliphatic heterocycles. The summed E-state index contributed by atoms with van der Waals surface area (Å²) in [7, 11) is 0.872. The molecule has 0 amide bonds. The van der Waals surface area contributed by atoms with Crippen molar-refractivity contribution in [2.24, 2.45) is 0 Å². The number of anilines is 5. The van der Waals surface area contributed by atoms with E-state index in [4.69, 9.17) is 0 Å². The summed E-state index contributed by atoms with van der Waals surface area (Å²) < 4.78 is 0. The Morgan fingerprint density at radius 1 is 0.580 bits per heavy atom. The van der Waals surface area contributed by atoms with Crippen molar-refractivity contribution in [1.29, 1.82) is 0 Å². The van der Waals surface area contributed by atoms with Crippen LogP contribution in [0.3, 0.4) is 0 Å². The molecular formula is C46H37BN2S. The number of nitrogens with one attached hydrogen (secondary N) is 1. The maximum Gasteiger partial charge on any atom is 0.198 e. The van der Waals surface area contributed by atoms with Gasteiger partial charge in [0.15, 0.2) is 7.28 Å². The standard InChI is InChI=1S/C46H37BN2S/c1-45(2)32-19-10-12-23-38(32)49-39-25-28-15-8-9-18-30(28)42(43(39)47-36-22-14-21-34(45)44(36)49)31-26-41-35(27-37(31)48-29-16-6-5-7-17-29)46(3,4)33-20-11-13-24-40(33)50-41/h5-27,47-48H,1-4H3. The van der Waals surface area contributed by atoms with E-state index in [9.17, 15) is 0 Å². The first-order chi connectivity index (χ1) is 24.3. The molecule has 0 aromatic heterocycles. The minimum Gasteiger partial charge on any atom is -0.355 e. The molecule has 0 aliphatic carbocycles. The van der Waals surface area contributed by atoms with E-state index in [-0.39, 0.29) is 10.8 Å². The van der Waals surface area contributed by atoms with Crippen molar-refractivity contribution in [2.45, 2.75) is 48.3 Å². The zero-order valence-electron chi connectivity index (χ0n) is 28.8. The molecule has 3 heterocycles. The van der Waals surface area contributed by atoms with E-state index in [1.807, 2.05) is 11.8 Å². The van der Waals surface area contributed by atoms with Gasteiger partial charge in [-0.25, -0.2) is 0 Å². The second-order valence-electron chi connectivity index (χ2n) is 15.0. The van der Waals surface area contributed by atoms with Crippen molar-refractivity contribution in [1.82, 2.24) is 0 Å². The molecule has 0 atom stereocenters. The lowest BCUT2D eigenvalue weighted by Crippen LogP contribution is -2.45. The molecule has 4 heteroatoms. The van der Waals surface area contributed by atoms with Gasteiger partial charge in [0, 0.05) is 48.9 Å². The van der Waals surface area contributed by atoms with Gasteiger partial charge < -0.3 is 10.2 Å². The molecule has 0 saturated carbocycles. The van der Waals surface area contributed by atoms with Crippen molar-refractivity contribution < 1.29 is 0 Å². The van der Waals surface area contributed by atoms with Crippen molar-refractivity contribution in [3.63, 3.8) is 0 Å². The zero-order chi connectivity index (χ0) is 33.8. The third-order valence-electron chi connectivity index (χ3n) is 11.5. The highest BCUT2D eigenvalue weighted by Gasteiger charge is 2.41. The molecule has 7 aromatic rings. The van der Waals surface area contributed by atoms with Crippen molar-refractivity contribution in [3.8, 4) is 11.1 Å². The predicted molar refractivity (Wildman–Crippen MR) is 215 cm³/mol. The van der Waals surface area contributed by atoms with E-state index in [0.717, 1.165) is 18.7 Å². The Balaban J connectivity index is 1.29. The molecule has 0 radical (unpaired) electrons. The van der Waals surface area contributed by atoms with Crippen LogP contribution in [-0.2, 0) is 10.8 Å². The fourth-order valence-corrected chi connectivity index (χ4v) is 10.4. The van der Waals surface area contributed by atoms with E-state index in [2.05, 4.69) is 177 Å². The van der Waals surface area contributed by atoms with E-state index in [1.165, 1.54) is 81.9 Å². The smallest absolute Gasteiger partial charge is 0.198 e. The fourth-order valence-electron chi connectivity index (χ4n) is 8.94. The monoisotopic (exact) mass is 660 g/mol. The van der Waals surface area contributed by atoms with Gasteiger partial charge in [0.1, 0.15) is 0 Å². The van der Waals surface area contributed by atoms with Crippen molar-refractivity contribution in [2.75, 3.05) is 10.2 Å². The lowest BCUT2D eigenvalue weighted by Gasteiger charge is -2.46.